The Bertz CT molecular complexity index is 777. The minimum atomic E-state index is -0.551. The Labute approximate surface area is 140 Å². The molecule has 0 aromatic heterocycles. The van der Waals surface area contributed by atoms with Gasteiger partial charge in [-0.15, -0.1) is 0 Å². The Kier molecular flexibility index (Phi) is 5.81. The number of ether oxygens (including phenoxy) is 1. The van der Waals surface area contributed by atoms with Crippen molar-refractivity contribution in [3.05, 3.63) is 60.3 Å². The molecule has 0 saturated heterocycles. The number of nitrogens with one attached hydrogen (secondary N) is 2. The van der Waals surface area contributed by atoms with Crippen molar-refractivity contribution in [2.45, 2.75) is 6.92 Å². The second-order valence-corrected chi connectivity index (χ2v) is 4.74. The SMILES string of the molecule is CCOc1ccc(NC(=O)/C(C#N)=C\Nc2ccccc2O)cc1. The predicted octanol–water partition coefficient (Wildman–Crippen LogP) is 3.25. The molecule has 2 rings (SSSR count). The number of carbonyl (C=O) groups is 1. The third-order valence-electron chi connectivity index (χ3n) is 3.06. The van der Waals surface area contributed by atoms with Crippen molar-refractivity contribution in [1.29, 1.82) is 5.26 Å². The van der Waals surface area contributed by atoms with E-state index in [0.717, 1.165) is 0 Å². The lowest BCUT2D eigenvalue weighted by Crippen LogP contribution is -2.14. The van der Waals surface area contributed by atoms with Crippen LogP contribution in [-0.4, -0.2) is 17.6 Å². The predicted molar refractivity (Wildman–Crippen MR) is 91.7 cm³/mol. The number of phenols is 1. The normalized spacial score (nSPS) is 10.6. The summed E-state index contributed by atoms with van der Waals surface area (Å²) in [5.74, 6) is 0.176. The van der Waals surface area contributed by atoms with Crippen LogP contribution >= 0.6 is 0 Å². The first-order valence-electron chi connectivity index (χ1n) is 7.33. The van der Waals surface area contributed by atoms with Gasteiger partial charge in [0.1, 0.15) is 23.1 Å². The van der Waals surface area contributed by atoms with E-state index in [1.807, 2.05) is 13.0 Å². The van der Waals surface area contributed by atoms with E-state index < -0.39 is 5.91 Å². The van der Waals surface area contributed by atoms with E-state index in [-0.39, 0.29) is 11.3 Å². The van der Waals surface area contributed by atoms with Gasteiger partial charge in [-0.05, 0) is 43.3 Å². The molecule has 6 nitrogen and oxygen atoms in total. The van der Waals surface area contributed by atoms with Crippen LogP contribution < -0.4 is 15.4 Å². The first-order chi connectivity index (χ1) is 11.6. The van der Waals surface area contributed by atoms with Crippen LogP contribution in [0, 0.1) is 11.3 Å². The van der Waals surface area contributed by atoms with Crippen LogP contribution in [0.2, 0.25) is 0 Å². The van der Waals surface area contributed by atoms with Gasteiger partial charge in [-0.3, -0.25) is 4.79 Å². The quantitative estimate of drug-likeness (QED) is 0.431. The molecule has 0 aliphatic rings. The molecule has 2 aromatic carbocycles. The van der Waals surface area contributed by atoms with Crippen LogP contribution in [0.5, 0.6) is 11.5 Å². The Morgan fingerprint density at radius 2 is 1.96 bits per heavy atom. The van der Waals surface area contributed by atoms with Gasteiger partial charge in [0.25, 0.3) is 5.91 Å². The summed E-state index contributed by atoms with van der Waals surface area (Å²) in [6.45, 7) is 2.45. The Morgan fingerprint density at radius 1 is 1.25 bits per heavy atom. The van der Waals surface area contributed by atoms with Gasteiger partial charge in [0.15, 0.2) is 0 Å². The number of rotatable bonds is 6. The topological polar surface area (TPSA) is 94.4 Å². The second kappa shape index (κ2) is 8.25. The highest BCUT2D eigenvalue weighted by Crippen LogP contribution is 2.22. The maximum Gasteiger partial charge on any atom is 0.267 e. The average molecular weight is 323 g/mol. The number of nitriles is 1. The molecule has 0 spiro atoms. The fourth-order valence-corrected chi connectivity index (χ4v) is 1.89. The molecule has 0 aliphatic heterocycles. The standard InChI is InChI=1S/C18H17N3O3/c1-2-24-15-9-7-14(8-10-15)21-18(23)13(11-19)12-20-16-5-3-4-6-17(16)22/h3-10,12,20,22H,2H2,1H3,(H,21,23)/b13-12-. The lowest BCUT2D eigenvalue weighted by Gasteiger charge is -2.07. The van der Waals surface area contributed by atoms with Crippen LogP contribution in [0.3, 0.4) is 0 Å². The number of hydrogen-bond donors (Lipinski definition) is 3. The summed E-state index contributed by atoms with van der Waals surface area (Å²) in [4.78, 5) is 12.1. The van der Waals surface area contributed by atoms with E-state index in [9.17, 15) is 9.90 Å². The highest BCUT2D eigenvalue weighted by molar-refractivity contribution is 6.06. The van der Waals surface area contributed by atoms with E-state index in [4.69, 9.17) is 10.00 Å². The summed E-state index contributed by atoms with van der Waals surface area (Å²) >= 11 is 0. The first kappa shape index (κ1) is 16.9. The molecular formula is C18H17N3O3. The molecule has 0 saturated carbocycles. The Hall–Kier alpha value is -3.46. The van der Waals surface area contributed by atoms with Gasteiger partial charge in [-0.1, -0.05) is 12.1 Å². The monoisotopic (exact) mass is 323 g/mol. The number of anilines is 2. The van der Waals surface area contributed by atoms with Gasteiger partial charge in [-0.2, -0.15) is 5.26 Å². The molecule has 0 radical (unpaired) electrons. The van der Waals surface area contributed by atoms with Gasteiger partial charge in [-0.25, -0.2) is 0 Å². The van der Waals surface area contributed by atoms with Crippen molar-refractivity contribution in [2.24, 2.45) is 0 Å². The van der Waals surface area contributed by atoms with E-state index in [0.29, 0.717) is 23.7 Å². The van der Waals surface area contributed by atoms with Crippen molar-refractivity contribution in [3.63, 3.8) is 0 Å². The molecule has 0 bridgehead atoms. The smallest absolute Gasteiger partial charge is 0.267 e. The van der Waals surface area contributed by atoms with Crippen LogP contribution in [-0.2, 0) is 4.79 Å². The van der Waals surface area contributed by atoms with Crippen molar-refractivity contribution in [1.82, 2.24) is 0 Å². The number of benzene rings is 2. The summed E-state index contributed by atoms with van der Waals surface area (Å²) in [5.41, 5.74) is 0.832. The molecule has 0 heterocycles. The first-order valence-corrected chi connectivity index (χ1v) is 7.33. The summed E-state index contributed by atoms with van der Waals surface area (Å²) < 4.78 is 5.32. The van der Waals surface area contributed by atoms with E-state index in [2.05, 4.69) is 10.6 Å². The molecule has 0 fully saturated rings. The molecule has 122 valence electrons. The van der Waals surface area contributed by atoms with Gasteiger partial charge in [0.05, 0.1) is 12.3 Å². The summed E-state index contributed by atoms with van der Waals surface area (Å²) in [6.07, 6.45) is 1.25. The van der Waals surface area contributed by atoms with Gasteiger partial charge >= 0.3 is 0 Å². The number of nitrogens with zero attached hydrogens (tertiary/aromatic N) is 1. The third kappa shape index (κ3) is 4.52. The third-order valence-corrected chi connectivity index (χ3v) is 3.06. The lowest BCUT2D eigenvalue weighted by molar-refractivity contribution is -0.112. The lowest BCUT2D eigenvalue weighted by atomic mass is 10.2. The minimum Gasteiger partial charge on any atom is -0.506 e. The molecule has 2 aromatic rings. The number of carbonyl (C=O) groups excluding carboxylic acids is 1. The highest BCUT2D eigenvalue weighted by atomic mass is 16.5. The van der Waals surface area contributed by atoms with Crippen LogP contribution in [0.1, 0.15) is 6.92 Å². The molecule has 24 heavy (non-hydrogen) atoms. The average Bonchev–Trinajstić information content (AvgIpc) is 2.59. The zero-order valence-corrected chi connectivity index (χ0v) is 13.1. The molecule has 0 aliphatic carbocycles. The van der Waals surface area contributed by atoms with E-state index in [1.54, 1.807) is 42.5 Å². The second-order valence-electron chi connectivity index (χ2n) is 4.74. The maximum absolute atomic E-state index is 12.1. The fraction of sp³-hybridized carbons (Fsp3) is 0.111. The summed E-state index contributed by atoms with van der Waals surface area (Å²) in [7, 11) is 0. The number of hydrogen-bond acceptors (Lipinski definition) is 5. The van der Waals surface area contributed by atoms with E-state index in [1.165, 1.54) is 12.3 Å². The Balaban J connectivity index is 2.04. The molecule has 3 N–H and O–H groups in total. The maximum atomic E-state index is 12.1. The minimum absolute atomic E-state index is 0.0259. The molecule has 0 unspecified atom stereocenters. The summed E-state index contributed by atoms with van der Waals surface area (Å²) in [6, 6.07) is 15.2. The largest absolute Gasteiger partial charge is 0.506 e. The van der Waals surface area contributed by atoms with Gasteiger partial charge in [0.2, 0.25) is 0 Å². The van der Waals surface area contributed by atoms with Crippen molar-refractivity contribution in [3.8, 4) is 17.6 Å². The number of para-hydroxylation sites is 2. The number of phenolic OH excluding ortho intramolecular Hbond substituents is 1. The number of amides is 1. The highest BCUT2D eigenvalue weighted by Gasteiger charge is 2.10. The zero-order valence-electron chi connectivity index (χ0n) is 13.1. The van der Waals surface area contributed by atoms with Gasteiger partial charge in [0, 0.05) is 11.9 Å². The van der Waals surface area contributed by atoms with Crippen LogP contribution in [0.15, 0.2) is 60.3 Å². The van der Waals surface area contributed by atoms with Crippen LogP contribution in [0.4, 0.5) is 11.4 Å². The number of aromatic hydroxyl groups is 1. The molecular weight excluding hydrogens is 306 g/mol. The van der Waals surface area contributed by atoms with Crippen molar-refractivity contribution < 1.29 is 14.6 Å². The van der Waals surface area contributed by atoms with E-state index >= 15 is 0 Å². The van der Waals surface area contributed by atoms with Crippen molar-refractivity contribution >= 4 is 17.3 Å². The molecule has 6 heteroatoms. The van der Waals surface area contributed by atoms with Crippen molar-refractivity contribution in [2.75, 3.05) is 17.2 Å². The fourth-order valence-electron chi connectivity index (χ4n) is 1.89. The van der Waals surface area contributed by atoms with Gasteiger partial charge < -0.3 is 20.5 Å². The Morgan fingerprint density at radius 3 is 2.58 bits per heavy atom. The molecule has 1 amide bonds. The summed E-state index contributed by atoms with van der Waals surface area (Å²) in [5, 5.41) is 24.2. The van der Waals surface area contributed by atoms with Crippen LogP contribution in [0.25, 0.3) is 0 Å². The molecule has 0 atom stereocenters. The zero-order chi connectivity index (χ0) is 17.4.